The van der Waals surface area contributed by atoms with E-state index < -0.39 is 0 Å². The van der Waals surface area contributed by atoms with E-state index in [0.29, 0.717) is 11.7 Å². The average molecular weight is 209 g/mol. The predicted molar refractivity (Wildman–Crippen MR) is 54.6 cm³/mol. The van der Waals surface area contributed by atoms with Crippen molar-refractivity contribution in [2.75, 3.05) is 20.1 Å². The molecule has 1 unspecified atom stereocenters. The van der Waals surface area contributed by atoms with Gasteiger partial charge in [0.25, 0.3) is 5.91 Å². The molecule has 6 nitrogen and oxygen atoms in total. The number of hydrogen-bond donors (Lipinski definition) is 2. The third kappa shape index (κ3) is 2.15. The van der Waals surface area contributed by atoms with Crippen molar-refractivity contribution in [2.45, 2.75) is 18.9 Å². The Balaban J connectivity index is 2.08. The first-order valence-corrected chi connectivity index (χ1v) is 5.16. The smallest absolute Gasteiger partial charge is 0.273 e. The van der Waals surface area contributed by atoms with Crippen LogP contribution in [0.25, 0.3) is 0 Å². The molecule has 1 aromatic heterocycles. The Bertz CT molecular complexity index is 342. The highest BCUT2D eigenvalue weighted by Crippen LogP contribution is 2.14. The van der Waals surface area contributed by atoms with Gasteiger partial charge in [0.1, 0.15) is 0 Å². The van der Waals surface area contributed by atoms with Crippen molar-refractivity contribution < 1.29 is 4.79 Å². The summed E-state index contributed by atoms with van der Waals surface area (Å²) in [6.45, 7) is 1.96. The van der Waals surface area contributed by atoms with Gasteiger partial charge in [-0.1, -0.05) is 5.21 Å². The predicted octanol–water partition coefficient (Wildman–Crippen LogP) is -0.438. The molecular formula is C9H15N5O. The number of rotatable bonds is 2. The molecule has 1 fully saturated rings. The van der Waals surface area contributed by atoms with Crippen LogP contribution in [0, 0.1) is 0 Å². The molecule has 0 aliphatic carbocycles. The van der Waals surface area contributed by atoms with Crippen LogP contribution < -0.4 is 10.6 Å². The van der Waals surface area contributed by atoms with Crippen molar-refractivity contribution >= 4 is 5.91 Å². The second kappa shape index (κ2) is 4.39. The molecule has 0 spiro atoms. The number of nitrogens with zero attached hydrogens (tertiary/aromatic N) is 3. The number of carbonyl (C=O) groups is 1. The summed E-state index contributed by atoms with van der Waals surface area (Å²) in [6, 6.07) is 0.324. The van der Waals surface area contributed by atoms with Gasteiger partial charge in [0, 0.05) is 13.6 Å². The third-order valence-corrected chi connectivity index (χ3v) is 2.61. The van der Waals surface area contributed by atoms with Crippen molar-refractivity contribution in [3.8, 4) is 0 Å². The van der Waals surface area contributed by atoms with Crippen molar-refractivity contribution in [2.24, 2.45) is 0 Å². The van der Waals surface area contributed by atoms with Gasteiger partial charge in [-0.3, -0.25) is 4.79 Å². The lowest BCUT2D eigenvalue weighted by Crippen LogP contribution is -2.31. The van der Waals surface area contributed by atoms with E-state index in [1.165, 1.54) is 0 Å². The van der Waals surface area contributed by atoms with Crippen LogP contribution in [0.2, 0.25) is 0 Å². The minimum absolute atomic E-state index is 0.190. The third-order valence-electron chi connectivity index (χ3n) is 2.61. The van der Waals surface area contributed by atoms with E-state index in [4.69, 9.17) is 0 Å². The van der Waals surface area contributed by atoms with Gasteiger partial charge >= 0.3 is 0 Å². The zero-order valence-corrected chi connectivity index (χ0v) is 8.73. The molecule has 15 heavy (non-hydrogen) atoms. The van der Waals surface area contributed by atoms with Crippen LogP contribution in [0.15, 0.2) is 6.20 Å². The van der Waals surface area contributed by atoms with E-state index in [9.17, 15) is 4.79 Å². The SMILES string of the molecule is CNC(=O)c1cn(C2CCCNC2)nn1. The maximum atomic E-state index is 11.3. The number of amides is 1. The maximum absolute atomic E-state index is 11.3. The van der Waals surface area contributed by atoms with Gasteiger partial charge in [-0.2, -0.15) is 0 Å². The van der Waals surface area contributed by atoms with Gasteiger partial charge in [0.15, 0.2) is 5.69 Å². The van der Waals surface area contributed by atoms with E-state index in [0.717, 1.165) is 25.9 Å². The highest BCUT2D eigenvalue weighted by Gasteiger charge is 2.17. The van der Waals surface area contributed by atoms with Crippen molar-refractivity contribution in [1.29, 1.82) is 0 Å². The molecule has 1 saturated heterocycles. The summed E-state index contributed by atoms with van der Waals surface area (Å²) < 4.78 is 1.77. The van der Waals surface area contributed by atoms with Crippen LogP contribution in [0.1, 0.15) is 29.4 Å². The lowest BCUT2D eigenvalue weighted by atomic mass is 10.1. The van der Waals surface area contributed by atoms with Gasteiger partial charge in [-0.25, -0.2) is 4.68 Å². The highest BCUT2D eigenvalue weighted by atomic mass is 16.1. The Morgan fingerprint density at radius 1 is 1.73 bits per heavy atom. The monoisotopic (exact) mass is 209 g/mol. The Kier molecular flexibility index (Phi) is 2.96. The van der Waals surface area contributed by atoms with Crippen molar-refractivity contribution in [1.82, 2.24) is 25.6 Å². The maximum Gasteiger partial charge on any atom is 0.273 e. The molecule has 6 heteroatoms. The van der Waals surface area contributed by atoms with Gasteiger partial charge < -0.3 is 10.6 Å². The summed E-state index contributed by atoms with van der Waals surface area (Å²) in [5.41, 5.74) is 0.378. The molecule has 1 aromatic rings. The van der Waals surface area contributed by atoms with Gasteiger partial charge in [-0.15, -0.1) is 5.10 Å². The van der Waals surface area contributed by atoms with Gasteiger partial charge in [0.2, 0.25) is 0 Å². The number of piperidine rings is 1. The Hall–Kier alpha value is -1.43. The molecule has 0 saturated carbocycles. The van der Waals surface area contributed by atoms with Crippen LogP contribution in [0.4, 0.5) is 0 Å². The molecular weight excluding hydrogens is 194 g/mol. The Morgan fingerprint density at radius 3 is 3.27 bits per heavy atom. The molecule has 1 atom stereocenters. The Morgan fingerprint density at radius 2 is 2.60 bits per heavy atom. The first kappa shape index (κ1) is 10.1. The molecule has 2 N–H and O–H groups in total. The molecule has 1 aliphatic rings. The molecule has 0 radical (unpaired) electrons. The number of nitrogens with one attached hydrogen (secondary N) is 2. The normalized spacial score (nSPS) is 21.3. The quantitative estimate of drug-likeness (QED) is 0.693. The summed E-state index contributed by atoms with van der Waals surface area (Å²) >= 11 is 0. The Labute approximate surface area is 88.0 Å². The molecule has 82 valence electrons. The lowest BCUT2D eigenvalue weighted by molar-refractivity contribution is 0.0958. The first-order valence-electron chi connectivity index (χ1n) is 5.16. The summed E-state index contributed by atoms with van der Waals surface area (Å²) in [7, 11) is 1.59. The minimum atomic E-state index is -0.190. The largest absolute Gasteiger partial charge is 0.354 e. The van der Waals surface area contributed by atoms with Gasteiger partial charge in [-0.05, 0) is 19.4 Å². The highest BCUT2D eigenvalue weighted by molar-refractivity contribution is 5.91. The minimum Gasteiger partial charge on any atom is -0.354 e. The molecule has 0 bridgehead atoms. The van der Waals surface area contributed by atoms with E-state index in [1.807, 2.05) is 0 Å². The topological polar surface area (TPSA) is 71.8 Å². The summed E-state index contributed by atoms with van der Waals surface area (Å²) in [5.74, 6) is -0.190. The standard InChI is InChI=1S/C9H15N5O/c1-10-9(15)8-6-14(13-12-8)7-3-2-4-11-5-7/h6-7,11H,2-5H2,1H3,(H,10,15). The lowest BCUT2D eigenvalue weighted by Gasteiger charge is -2.22. The van der Waals surface area contributed by atoms with Crippen molar-refractivity contribution in [3.63, 3.8) is 0 Å². The zero-order chi connectivity index (χ0) is 10.7. The molecule has 0 aromatic carbocycles. The van der Waals surface area contributed by atoms with Crippen LogP contribution in [0.5, 0.6) is 0 Å². The molecule has 2 rings (SSSR count). The fourth-order valence-electron chi connectivity index (χ4n) is 1.75. The zero-order valence-electron chi connectivity index (χ0n) is 8.73. The second-order valence-corrected chi connectivity index (χ2v) is 3.66. The molecule has 2 heterocycles. The molecule has 1 amide bonds. The fourth-order valence-corrected chi connectivity index (χ4v) is 1.75. The number of carbonyl (C=O) groups excluding carboxylic acids is 1. The fraction of sp³-hybridized carbons (Fsp3) is 0.667. The number of hydrogen-bond acceptors (Lipinski definition) is 4. The van der Waals surface area contributed by atoms with Crippen LogP contribution in [-0.2, 0) is 0 Å². The molecule has 1 aliphatic heterocycles. The average Bonchev–Trinajstić information content (AvgIpc) is 2.78. The van der Waals surface area contributed by atoms with E-state index in [2.05, 4.69) is 20.9 Å². The van der Waals surface area contributed by atoms with Crippen LogP contribution >= 0.6 is 0 Å². The second-order valence-electron chi connectivity index (χ2n) is 3.66. The van der Waals surface area contributed by atoms with E-state index in [-0.39, 0.29) is 5.91 Å². The summed E-state index contributed by atoms with van der Waals surface area (Å²) in [6.07, 6.45) is 3.93. The van der Waals surface area contributed by atoms with E-state index in [1.54, 1.807) is 17.9 Å². The summed E-state index contributed by atoms with van der Waals surface area (Å²) in [4.78, 5) is 11.3. The number of aromatic nitrogens is 3. The van der Waals surface area contributed by atoms with E-state index >= 15 is 0 Å². The summed E-state index contributed by atoms with van der Waals surface area (Å²) in [5, 5.41) is 13.6. The van der Waals surface area contributed by atoms with Crippen LogP contribution in [0.3, 0.4) is 0 Å². The first-order chi connectivity index (χ1) is 7.31. The van der Waals surface area contributed by atoms with Crippen molar-refractivity contribution in [3.05, 3.63) is 11.9 Å². The van der Waals surface area contributed by atoms with Gasteiger partial charge in [0.05, 0.1) is 12.2 Å². The van der Waals surface area contributed by atoms with Crippen LogP contribution in [-0.4, -0.2) is 41.0 Å².